The van der Waals surface area contributed by atoms with Gasteiger partial charge in [-0.25, -0.2) is 13.2 Å². The van der Waals surface area contributed by atoms with Gasteiger partial charge in [-0.15, -0.1) is 0 Å². The lowest BCUT2D eigenvalue weighted by Gasteiger charge is -2.26. The van der Waals surface area contributed by atoms with Gasteiger partial charge in [0.05, 0.1) is 26.2 Å². The lowest BCUT2D eigenvalue weighted by molar-refractivity contribution is -0.123. The van der Waals surface area contributed by atoms with E-state index in [2.05, 4.69) is 5.32 Å². The average molecular weight is 485 g/mol. The fourth-order valence-electron chi connectivity index (χ4n) is 3.15. The number of amides is 1. The number of rotatable bonds is 6. The van der Waals surface area contributed by atoms with Gasteiger partial charge in [-0.1, -0.05) is 41.8 Å². The Labute approximate surface area is 191 Å². The van der Waals surface area contributed by atoms with Crippen LogP contribution < -0.4 is 5.32 Å². The van der Waals surface area contributed by atoms with Crippen LogP contribution in [0.25, 0.3) is 0 Å². The molecular formula is C21H22Cl2N2O5S. The van der Waals surface area contributed by atoms with Crippen molar-refractivity contribution in [1.82, 2.24) is 4.31 Å². The van der Waals surface area contributed by atoms with Crippen LogP contribution in [0.3, 0.4) is 0 Å². The Kier molecular flexibility index (Phi) is 7.59. The SMILES string of the molecule is C[C@@H](OC(=O)c1ccccc1Cl)C(=O)Nc1cc(S(=O)(=O)N2CCCCC2)ccc1Cl. The fourth-order valence-corrected chi connectivity index (χ4v) is 5.08. The quantitative estimate of drug-likeness (QED) is 0.615. The maximum Gasteiger partial charge on any atom is 0.340 e. The molecule has 7 nitrogen and oxygen atoms in total. The van der Waals surface area contributed by atoms with Crippen LogP contribution in [0.4, 0.5) is 5.69 Å². The first kappa shape index (κ1) is 23.5. The number of esters is 1. The van der Waals surface area contributed by atoms with Crippen LogP contribution in [0.2, 0.25) is 10.0 Å². The number of sulfonamides is 1. The van der Waals surface area contributed by atoms with Gasteiger partial charge in [0.2, 0.25) is 10.0 Å². The standard InChI is InChI=1S/C21H22Cl2N2O5S/c1-14(30-21(27)16-7-3-4-8-17(16)22)20(26)24-19-13-15(9-10-18(19)23)31(28,29)25-11-5-2-6-12-25/h3-4,7-10,13-14H,2,5-6,11-12H2,1H3,(H,24,26)/t14-/m1/s1. The summed E-state index contributed by atoms with van der Waals surface area (Å²) in [5.74, 6) is -1.41. The van der Waals surface area contributed by atoms with E-state index in [4.69, 9.17) is 27.9 Å². The molecule has 1 amide bonds. The first-order valence-corrected chi connectivity index (χ1v) is 12.0. The first-order valence-electron chi connectivity index (χ1n) is 9.76. The monoisotopic (exact) mass is 484 g/mol. The Hall–Kier alpha value is -2.13. The molecule has 0 bridgehead atoms. The van der Waals surface area contributed by atoms with Crippen molar-refractivity contribution >= 4 is 50.8 Å². The third-order valence-corrected chi connectivity index (χ3v) is 7.45. The summed E-state index contributed by atoms with van der Waals surface area (Å²) in [5.41, 5.74) is 0.252. The zero-order valence-corrected chi connectivity index (χ0v) is 19.1. The van der Waals surface area contributed by atoms with E-state index in [1.807, 2.05) is 0 Å². The van der Waals surface area contributed by atoms with Crippen molar-refractivity contribution < 1.29 is 22.7 Å². The largest absolute Gasteiger partial charge is 0.449 e. The smallest absolute Gasteiger partial charge is 0.340 e. The fraction of sp³-hybridized carbons (Fsp3) is 0.333. The van der Waals surface area contributed by atoms with Crippen LogP contribution in [0.1, 0.15) is 36.5 Å². The molecular weight excluding hydrogens is 463 g/mol. The molecule has 0 saturated carbocycles. The van der Waals surface area contributed by atoms with Gasteiger partial charge in [-0.2, -0.15) is 4.31 Å². The highest BCUT2D eigenvalue weighted by Crippen LogP contribution is 2.28. The van der Waals surface area contributed by atoms with Gasteiger partial charge in [0.1, 0.15) is 0 Å². The maximum absolute atomic E-state index is 12.9. The summed E-state index contributed by atoms with van der Waals surface area (Å²) in [6, 6.07) is 10.4. The maximum atomic E-state index is 12.9. The topological polar surface area (TPSA) is 92.8 Å². The van der Waals surface area contributed by atoms with Crippen molar-refractivity contribution in [1.29, 1.82) is 0 Å². The summed E-state index contributed by atoms with van der Waals surface area (Å²) in [6.45, 7) is 2.32. The minimum atomic E-state index is -3.69. The van der Waals surface area contributed by atoms with E-state index in [0.29, 0.717) is 13.1 Å². The highest BCUT2D eigenvalue weighted by atomic mass is 35.5. The van der Waals surface area contributed by atoms with Crippen molar-refractivity contribution in [2.75, 3.05) is 18.4 Å². The molecule has 0 aliphatic carbocycles. The summed E-state index contributed by atoms with van der Waals surface area (Å²) < 4.78 is 32.4. The molecule has 166 valence electrons. The number of piperidine rings is 1. The zero-order valence-electron chi connectivity index (χ0n) is 16.8. The Morgan fingerprint density at radius 3 is 2.39 bits per heavy atom. The second kappa shape index (κ2) is 9.99. The molecule has 1 aliphatic heterocycles. The summed E-state index contributed by atoms with van der Waals surface area (Å²) in [6.07, 6.45) is 1.45. The second-order valence-electron chi connectivity index (χ2n) is 7.12. The van der Waals surface area contributed by atoms with Gasteiger partial charge < -0.3 is 10.1 Å². The predicted molar refractivity (Wildman–Crippen MR) is 119 cm³/mol. The lowest BCUT2D eigenvalue weighted by atomic mass is 10.2. The van der Waals surface area contributed by atoms with Gasteiger partial charge in [-0.05, 0) is 50.1 Å². The summed E-state index contributed by atoms with van der Waals surface area (Å²) in [7, 11) is -3.69. The molecule has 0 radical (unpaired) electrons. The van der Waals surface area contributed by atoms with E-state index in [9.17, 15) is 18.0 Å². The Balaban J connectivity index is 1.73. The number of halogens is 2. The number of anilines is 1. The molecule has 1 aliphatic rings. The molecule has 1 heterocycles. The minimum absolute atomic E-state index is 0.0369. The molecule has 2 aromatic carbocycles. The van der Waals surface area contributed by atoms with Crippen molar-refractivity contribution in [2.24, 2.45) is 0 Å². The molecule has 1 fully saturated rings. The van der Waals surface area contributed by atoms with Gasteiger partial charge in [-0.3, -0.25) is 4.79 Å². The molecule has 2 aromatic rings. The summed E-state index contributed by atoms with van der Waals surface area (Å²) in [5, 5.41) is 2.90. The van der Waals surface area contributed by atoms with E-state index < -0.39 is 28.0 Å². The van der Waals surface area contributed by atoms with E-state index in [0.717, 1.165) is 19.3 Å². The third kappa shape index (κ3) is 5.57. The number of hydrogen-bond donors (Lipinski definition) is 1. The van der Waals surface area contributed by atoms with Crippen LogP contribution in [0.15, 0.2) is 47.4 Å². The lowest BCUT2D eigenvalue weighted by Crippen LogP contribution is -2.35. The highest BCUT2D eigenvalue weighted by molar-refractivity contribution is 7.89. The molecule has 1 N–H and O–H groups in total. The van der Waals surface area contributed by atoms with Gasteiger partial charge in [0.15, 0.2) is 6.10 Å². The van der Waals surface area contributed by atoms with E-state index in [1.54, 1.807) is 12.1 Å². The van der Waals surface area contributed by atoms with Crippen LogP contribution in [-0.2, 0) is 19.6 Å². The molecule has 0 aromatic heterocycles. The molecule has 31 heavy (non-hydrogen) atoms. The van der Waals surface area contributed by atoms with E-state index in [1.165, 1.54) is 41.6 Å². The van der Waals surface area contributed by atoms with E-state index in [-0.39, 0.29) is 26.2 Å². The number of nitrogens with one attached hydrogen (secondary N) is 1. The number of ether oxygens (including phenoxy) is 1. The Bertz CT molecular complexity index is 1080. The van der Waals surface area contributed by atoms with E-state index >= 15 is 0 Å². The van der Waals surface area contributed by atoms with Crippen molar-refractivity contribution in [2.45, 2.75) is 37.2 Å². The molecule has 0 unspecified atom stereocenters. The highest BCUT2D eigenvalue weighted by Gasteiger charge is 2.27. The van der Waals surface area contributed by atoms with Crippen molar-refractivity contribution in [3.63, 3.8) is 0 Å². The van der Waals surface area contributed by atoms with Gasteiger partial charge >= 0.3 is 5.97 Å². The zero-order chi connectivity index (χ0) is 22.6. The van der Waals surface area contributed by atoms with Gasteiger partial charge in [0, 0.05) is 13.1 Å². The number of carbonyl (C=O) groups is 2. The average Bonchev–Trinajstić information content (AvgIpc) is 2.75. The molecule has 3 rings (SSSR count). The summed E-state index contributed by atoms with van der Waals surface area (Å²) in [4.78, 5) is 24.8. The number of benzene rings is 2. The molecule has 0 spiro atoms. The molecule has 1 saturated heterocycles. The van der Waals surface area contributed by atoms with Crippen LogP contribution in [0, 0.1) is 0 Å². The van der Waals surface area contributed by atoms with Crippen LogP contribution >= 0.6 is 23.2 Å². The number of nitrogens with zero attached hydrogens (tertiary/aromatic N) is 1. The Morgan fingerprint density at radius 1 is 1.03 bits per heavy atom. The number of carbonyl (C=O) groups excluding carboxylic acids is 2. The van der Waals surface area contributed by atoms with Crippen LogP contribution in [0.5, 0.6) is 0 Å². The van der Waals surface area contributed by atoms with Gasteiger partial charge in [0.25, 0.3) is 5.91 Å². The minimum Gasteiger partial charge on any atom is -0.449 e. The number of hydrogen-bond acceptors (Lipinski definition) is 5. The Morgan fingerprint density at radius 2 is 1.71 bits per heavy atom. The molecule has 1 atom stereocenters. The summed E-state index contributed by atoms with van der Waals surface area (Å²) >= 11 is 12.1. The second-order valence-corrected chi connectivity index (χ2v) is 9.88. The van der Waals surface area contributed by atoms with Crippen molar-refractivity contribution in [3.05, 3.63) is 58.1 Å². The molecule has 10 heteroatoms. The van der Waals surface area contributed by atoms with Crippen LogP contribution in [-0.4, -0.2) is 43.8 Å². The van der Waals surface area contributed by atoms with Crippen molar-refractivity contribution in [3.8, 4) is 0 Å². The third-order valence-electron chi connectivity index (χ3n) is 4.90. The first-order chi connectivity index (χ1) is 14.7. The normalized spacial score (nSPS) is 15.8. The predicted octanol–water partition coefficient (Wildman–Crippen LogP) is 4.35.